The zero-order chi connectivity index (χ0) is 16.6. The smallest absolute Gasteiger partial charge is 0.267 e. The number of H-pyrrole nitrogens is 1. The van der Waals surface area contributed by atoms with Crippen LogP contribution in [0.15, 0.2) is 36.4 Å². The molecule has 0 radical (unpaired) electrons. The van der Waals surface area contributed by atoms with Crippen LogP contribution in [0.2, 0.25) is 0 Å². The van der Waals surface area contributed by atoms with E-state index in [4.69, 9.17) is 0 Å². The van der Waals surface area contributed by atoms with Gasteiger partial charge in [0, 0.05) is 18.0 Å². The minimum atomic E-state index is -0.279. The molecule has 0 saturated heterocycles. The Hall–Kier alpha value is -3.13. The van der Waals surface area contributed by atoms with Gasteiger partial charge < -0.3 is 10.3 Å². The fourth-order valence-electron chi connectivity index (χ4n) is 2.61. The summed E-state index contributed by atoms with van der Waals surface area (Å²) in [5, 5.41) is 12.6. The molecule has 5 heteroatoms. The minimum absolute atomic E-state index is 0.235. The van der Waals surface area contributed by atoms with Crippen molar-refractivity contribution in [2.45, 2.75) is 6.92 Å². The van der Waals surface area contributed by atoms with E-state index in [0.717, 1.165) is 22.0 Å². The highest BCUT2D eigenvalue weighted by Gasteiger charge is 2.14. The Kier molecular flexibility index (Phi) is 3.59. The Morgan fingerprint density at radius 3 is 2.70 bits per heavy atom. The highest BCUT2D eigenvalue weighted by atomic mass is 19.1. The summed E-state index contributed by atoms with van der Waals surface area (Å²) in [7, 11) is 1.55. The lowest BCUT2D eigenvalue weighted by atomic mass is 9.99. The van der Waals surface area contributed by atoms with Crippen molar-refractivity contribution < 1.29 is 9.18 Å². The Bertz CT molecular complexity index is 966. The second-order valence-electron chi connectivity index (χ2n) is 5.33. The van der Waals surface area contributed by atoms with Crippen LogP contribution in [0.25, 0.3) is 22.0 Å². The van der Waals surface area contributed by atoms with E-state index in [1.807, 2.05) is 0 Å². The number of nitrogens with one attached hydrogen (secondary N) is 2. The molecule has 1 amide bonds. The molecule has 0 aliphatic heterocycles. The first-order chi connectivity index (χ1) is 11.0. The van der Waals surface area contributed by atoms with E-state index in [9.17, 15) is 14.4 Å². The summed E-state index contributed by atoms with van der Waals surface area (Å²) < 4.78 is 13.5. The van der Waals surface area contributed by atoms with Crippen LogP contribution in [0.1, 0.15) is 21.6 Å². The third-order valence-corrected chi connectivity index (χ3v) is 3.80. The topological polar surface area (TPSA) is 68.7 Å². The number of aryl methyl sites for hydroxylation is 1. The van der Waals surface area contributed by atoms with Gasteiger partial charge >= 0.3 is 0 Å². The minimum Gasteiger partial charge on any atom is -0.354 e. The fraction of sp³-hybridized carbons (Fsp3) is 0.111. The molecule has 1 aromatic heterocycles. The average Bonchev–Trinajstić information content (AvgIpc) is 2.99. The van der Waals surface area contributed by atoms with Crippen molar-refractivity contribution >= 4 is 16.8 Å². The number of hydrogen-bond donors (Lipinski definition) is 2. The van der Waals surface area contributed by atoms with Gasteiger partial charge in [0.1, 0.15) is 11.5 Å². The first kappa shape index (κ1) is 14.8. The molecule has 0 fully saturated rings. The van der Waals surface area contributed by atoms with Gasteiger partial charge in [-0.2, -0.15) is 5.26 Å². The van der Waals surface area contributed by atoms with Crippen LogP contribution in [0.5, 0.6) is 0 Å². The number of hydrogen-bond acceptors (Lipinski definition) is 2. The summed E-state index contributed by atoms with van der Waals surface area (Å²) in [4.78, 5) is 14.9. The van der Waals surface area contributed by atoms with Crippen molar-refractivity contribution in [2.75, 3.05) is 7.05 Å². The second-order valence-corrected chi connectivity index (χ2v) is 5.33. The number of aromatic amines is 1. The molecule has 4 nitrogen and oxygen atoms in total. The third kappa shape index (κ3) is 2.55. The summed E-state index contributed by atoms with van der Waals surface area (Å²) in [6.45, 7) is 1.69. The van der Waals surface area contributed by atoms with Crippen molar-refractivity contribution in [2.24, 2.45) is 0 Å². The number of fused-ring (bicyclic) bond motifs is 1. The average molecular weight is 307 g/mol. The maximum atomic E-state index is 13.5. The molecular weight excluding hydrogens is 293 g/mol. The van der Waals surface area contributed by atoms with E-state index in [0.29, 0.717) is 16.8 Å². The summed E-state index contributed by atoms with van der Waals surface area (Å²) in [5.74, 6) is -0.514. The number of nitrogens with zero attached hydrogens (tertiary/aromatic N) is 1. The molecule has 0 spiro atoms. The van der Waals surface area contributed by atoms with Crippen molar-refractivity contribution in [1.29, 1.82) is 5.26 Å². The van der Waals surface area contributed by atoms with Gasteiger partial charge in [-0.05, 0) is 48.4 Å². The lowest BCUT2D eigenvalue weighted by Crippen LogP contribution is -2.17. The molecular formula is C18H14FN3O. The molecule has 2 N–H and O–H groups in total. The molecule has 3 aromatic rings. The molecule has 0 unspecified atom stereocenters. The maximum absolute atomic E-state index is 13.5. The molecule has 0 aliphatic carbocycles. The van der Waals surface area contributed by atoms with Crippen molar-refractivity contribution in [3.63, 3.8) is 0 Å². The predicted octanol–water partition coefficient (Wildman–Crippen LogP) is 3.51. The summed E-state index contributed by atoms with van der Waals surface area (Å²) >= 11 is 0. The standard InChI is InChI=1S/C18H14FN3O/c1-10-5-12(3-4-15(10)19)14-7-11(9-20)6-13-8-16(18(23)21-2)22-17(13)14/h3-8,22H,1-2H3,(H,21,23). The van der Waals surface area contributed by atoms with Crippen molar-refractivity contribution in [3.8, 4) is 17.2 Å². The van der Waals surface area contributed by atoms with Crippen LogP contribution in [-0.4, -0.2) is 17.9 Å². The third-order valence-electron chi connectivity index (χ3n) is 3.80. The monoisotopic (exact) mass is 307 g/mol. The van der Waals surface area contributed by atoms with Crippen LogP contribution < -0.4 is 5.32 Å². The lowest BCUT2D eigenvalue weighted by molar-refractivity contribution is 0.0959. The summed E-state index contributed by atoms with van der Waals surface area (Å²) in [6, 6.07) is 12.1. The Morgan fingerprint density at radius 2 is 2.04 bits per heavy atom. The number of rotatable bonds is 2. The van der Waals surface area contributed by atoms with Gasteiger partial charge in [-0.1, -0.05) is 6.07 Å². The van der Waals surface area contributed by atoms with E-state index < -0.39 is 0 Å². The molecule has 0 saturated carbocycles. The highest BCUT2D eigenvalue weighted by Crippen LogP contribution is 2.31. The quantitative estimate of drug-likeness (QED) is 0.760. The number of nitriles is 1. The van der Waals surface area contributed by atoms with Crippen molar-refractivity contribution in [3.05, 3.63) is 59.0 Å². The number of aromatic nitrogens is 1. The Morgan fingerprint density at radius 1 is 1.26 bits per heavy atom. The number of amides is 1. The first-order valence-electron chi connectivity index (χ1n) is 7.09. The van der Waals surface area contributed by atoms with E-state index in [2.05, 4.69) is 16.4 Å². The zero-order valence-corrected chi connectivity index (χ0v) is 12.7. The molecule has 114 valence electrons. The number of carbonyl (C=O) groups excluding carboxylic acids is 1. The van der Waals surface area contributed by atoms with Gasteiger partial charge in [-0.3, -0.25) is 4.79 Å². The van der Waals surface area contributed by atoms with E-state index >= 15 is 0 Å². The number of carbonyl (C=O) groups is 1. The van der Waals surface area contributed by atoms with Gasteiger partial charge in [0.25, 0.3) is 5.91 Å². The molecule has 0 aliphatic rings. The normalized spacial score (nSPS) is 10.5. The molecule has 3 rings (SSSR count). The van der Waals surface area contributed by atoms with E-state index in [1.54, 1.807) is 44.3 Å². The van der Waals surface area contributed by atoms with Gasteiger partial charge in [-0.25, -0.2) is 4.39 Å². The molecule has 23 heavy (non-hydrogen) atoms. The van der Waals surface area contributed by atoms with Gasteiger partial charge in [0.15, 0.2) is 0 Å². The summed E-state index contributed by atoms with van der Waals surface area (Å²) in [5.41, 5.74) is 3.72. The maximum Gasteiger partial charge on any atom is 0.267 e. The molecule has 2 aromatic carbocycles. The van der Waals surface area contributed by atoms with Gasteiger partial charge in [0.05, 0.1) is 17.1 Å². The van der Waals surface area contributed by atoms with Crippen LogP contribution in [0, 0.1) is 24.1 Å². The van der Waals surface area contributed by atoms with Crippen molar-refractivity contribution in [1.82, 2.24) is 10.3 Å². The van der Waals surface area contributed by atoms with Crippen LogP contribution in [0.4, 0.5) is 4.39 Å². The van der Waals surface area contributed by atoms with Gasteiger partial charge in [-0.15, -0.1) is 0 Å². The molecule has 1 heterocycles. The predicted molar refractivity (Wildman–Crippen MR) is 86.5 cm³/mol. The lowest BCUT2D eigenvalue weighted by Gasteiger charge is -2.07. The summed E-state index contributed by atoms with van der Waals surface area (Å²) in [6.07, 6.45) is 0. The highest BCUT2D eigenvalue weighted by molar-refractivity contribution is 6.02. The largest absolute Gasteiger partial charge is 0.354 e. The van der Waals surface area contributed by atoms with Gasteiger partial charge in [0.2, 0.25) is 0 Å². The zero-order valence-electron chi connectivity index (χ0n) is 12.7. The second kappa shape index (κ2) is 5.58. The molecule has 0 atom stereocenters. The Labute approximate surface area is 132 Å². The fourth-order valence-corrected chi connectivity index (χ4v) is 2.61. The van der Waals surface area contributed by atoms with E-state index in [1.165, 1.54) is 6.07 Å². The first-order valence-corrected chi connectivity index (χ1v) is 7.09. The van der Waals surface area contributed by atoms with E-state index in [-0.39, 0.29) is 11.7 Å². The Balaban J connectivity index is 2.29. The molecule has 0 bridgehead atoms. The van der Waals surface area contributed by atoms with Crippen LogP contribution >= 0.6 is 0 Å². The number of halogens is 1. The van der Waals surface area contributed by atoms with Crippen LogP contribution in [0.3, 0.4) is 0 Å². The van der Waals surface area contributed by atoms with Crippen LogP contribution in [-0.2, 0) is 0 Å². The SMILES string of the molecule is CNC(=O)c1cc2cc(C#N)cc(-c3ccc(F)c(C)c3)c2[nH]1. The number of benzene rings is 2.